The maximum Gasteiger partial charge on any atom is 0.111 e. The number of rotatable bonds is 3. The third-order valence-corrected chi connectivity index (χ3v) is 1.99. The molecule has 0 spiro atoms. The van der Waals surface area contributed by atoms with Gasteiger partial charge in [-0.1, -0.05) is 6.92 Å². The fourth-order valence-corrected chi connectivity index (χ4v) is 1.07. The van der Waals surface area contributed by atoms with Gasteiger partial charge in [0, 0.05) is 17.9 Å². The van der Waals surface area contributed by atoms with Crippen molar-refractivity contribution in [3.63, 3.8) is 0 Å². The van der Waals surface area contributed by atoms with E-state index in [1.165, 1.54) is 0 Å². The first-order chi connectivity index (χ1) is 6.15. The van der Waals surface area contributed by atoms with Gasteiger partial charge in [-0.25, -0.2) is 0 Å². The van der Waals surface area contributed by atoms with Crippen molar-refractivity contribution in [1.82, 2.24) is 4.98 Å². The summed E-state index contributed by atoms with van der Waals surface area (Å²) in [5.74, 6) is 0. The van der Waals surface area contributed by atoms with Crippen molar-refractivity contribution in [3.8, 4) is 0 Å². The number of anilines is 1. The molecule has 5 N–H and O–H groups in total. The summed E-state index contributed by atoms with van der Waals surface area (Å²) in [6.07, 6.45) is 1.54. The van der Waals surface area contributed by atoms with Gasteiger partial charge in [0.1, 0.15) is 6.10 Å². The lowest BCUT2D eigenvalue weighted by molar-refractivity contribution is 0.140. The molecule has 0 aliphatic carbocycles. The Kier molecular flexibility index (Phi) is 3.22. The summed E-state index contributed by atoms with van der Waals surface area (Å²) in [6.45, 7) is 1.92. The predicted molar refractivity (Wildman–Crippen MR) is 51.9 cm³/mol. The third kappa shape index (κ3) is 2.40. The Morgan fingerprint density at radius 2 is 2.31 bits per heavy atom. The molecule has 0 aliphatic rings. The summed E-state index contributed by atoms with van der Waals surface area (Å²) in [5, 5.41) is 9.67. The smallest absolute Gasteiger partial charge is 0.111 e. The van der Waals surface area contributed by atoms with Crippen molar-refractivity contribution in [3.05, 3.63) is 24.0 Å². The molecule has 1 aromatic heterocycles. The van der Waals surface area contributed by atoms with Crippen LogP contribution in [-0.4, -0.2) is 16.1 Å². The van der Waals surface area contributed by atoms with Crippen molar-refractivity contribution in [2.45, 2.75) is 25.5 Å². The van der Waals surface area contributed by atoms with Crippen LogP contribution in [0.2, 0.25) is 0 Å². The number of pyridine rings is 1. The van der Waals surface area contributed by atoms with Crippen LogP contribution in [-0.2, 0) is 0 Å². The van der Waals surface area contributed by atoms with Crippen molar-refractivity contribution >= 4 is 5.69 Å². The highest BCUT2D eigenvalue weighted by atomic mass is 16.3. The Morgan fingerprint density at radius 3 is 2.85 bits per heavy atom. The van der Waals surface area contributed by atoms with Crippen LogP contribution in [0.5, 0.6) is 0 Å². The van der Waals surface area contributed by atoms with Crippen LogP contribution in [0.15, 0.2) is 18.3 Å². The van der Waals surface area contributed by atoms with E-state index in [2.05, 4.69) is 4.98 Å². The maximum atomic E-state index is 9.67. The molecule has 1 rings (SSSR count). The second-order valence-corrected chi connectivity index (χ2v) is 3.03. The minimum Gasteiger partial charge on any atom is -0.399 e. The molecule has 13 heavy (non-hydrogen) atoms. The zero-order valence-electron chi connectivity index (χ0n) is 7.64. The molecule has 1 aromatic rings. The van der Waals surface area contributed by atoms with E-state index in [1.54, 1.807) is 18.3 Å². The molecule has 0 radical (unpaired) electrons. The van der Waals surface area contributed by atoms with E-state index < -0.39 is 6.10 Å². The van der Waals surface area contributed by atoms with Crippen molar-refractivity contribution in [2.24, 2.45) is 5.73 Å². The standard InChI is InChI=1S/C9H15N3O/c1-2-7(11)9(13)8-5-6(10)3-4-12-8/h3-5,7,9,13H,2,11H2,1H3,(H2,10,12)/t7-,9-/m0/s1. The van der Waals surface area contributed by atoms with Crippen LogP contribution in [0.1, 0.15) is 25.1 Å². The Hall–Kier alpha value is -1.13. The number of nitrogens with two attached hydrogens (primary N) is 2. The first kappa shape index (κ1) is 9.95. The Balaban J connectivity index is 2.82. The summed E-state index contributed by atoms with van der Waals surface area (Å²) in [6, 6.07) is 3.03. The van der Waals surface area contributed by atoms with Crippen molar-refractivity contribution < 1.29 is 5.11 Å². The summed E-state index contributed by atoms with van der Waals surface area (Å²) in [4.78, 5) is 4.00. The van der Waals surface area contributed by atoms with E-state index in [1.807, 2.05) is 6.92 Å². The largest absolute Gasteiger partial charge is 0.399 e. The van der Waals surface area contributed by atoms with Crippen LogP contribution in [0, 0.1) is 0 Å². The highest BCUT2D eigenvalue weighted by Crippen LogP contribution is 2.16. The second-order valence-electron chi connectivity index (χ2n) is 3.03. The lowest BCUT2D eigenvalue weighted by Gasteiger charge is -2.16. The lowest BCUT2D eigenvalue weighted by Crippen LogP contribution is -2.27. The molecular formula is C9H15N3O. The number of aliphatic hydroxyl groups excluding tert-OH is 1. The quantitative estimate of drug-likeness (QED) is 0.631. The monoisotopic (exact) mass is 181 g/mol. The van der Waals surface area contributed by atoms with Crippen LogP contribution in [0.25, 0.3) is 0 Å². The van der Waals surface area contributed by atoms with Gasteiger partial charge in [-0.15, -0.1) is 0 Å². The van der Waals surface area contributed by atoms with Crippen LogP contribution in [0.3, 0.4) is 0 Å². The first-order valence-electron chi connectivity index (χ1n) is 4.30. The van der Waals surface area contributed by atoms with E-state index in [0.717, 1.165) is 0 Å². The van der Waals surface area contributed by atoms with Gasteiger partial charge in [0.2, 0.25) is 0 Å². The van der Waals surface area contributed by atoms with Gasteiger partial charge in [-0.05, 0) is 18.6 Å². The summed E-state index contributed by atoms with van der Waals surface area (Å²) in [5.41, 5.74) is 12.3. The Bertz CT molecular complexity index is 277. The number of hydrogen-bond acceptors (Lipinski definition) is 4. The highest BCUT2D eigenvalue weighted by Gasteiger charge is 2.16. The molecule has 0 saturated carbocycles. The van der Waals surface area contributed by atoms with E-state index in [0.29, 0.717) is 17.8 Å². The molecule has 4 heteroatoms. The number of aromatic nitrogens is 1. The minimum atomic E-state index is -0.728. The fraction of sp³-hybridized carbons (Fsp3) is 0.444. The molecule has 0 amide bonds. The lowest BCUT2D eigenvalue weighted by atomic mass is 10.1. The first-order valence-corrected chi connectivity index (χ1v) is 4.30. The molecule has 1 heterocycles. The summed E-state index contributed by atoms with van der Waals surface area (Å²) < 4.78 is 0. The van der Waals surface area contributed by atoms with Crippen molar-refractivity contribution in [1.29, 1.82) is 0 Å². The average Bonchev–Trinajstić information content (AvgIpc) is 2.15. The van der Waals surface area contributed by atoms with Gasteiger partial charge >= 0.3 is 0 Å². The second kappa shape index (κ2) is 4.20. The maximum absolute atomic E-state index is 9.67. The van der Waals surface area contributed by atoms with Gasteiger partial charge in [0.25, 0.3) is 0 Å². The SMILES string of the molecule is CC[C@H](N)[C@H](O)c1cc(N)ccn1. The van der Waals surface area contributed by atoms with E-state index >= 15 is 0 Å². The Labute approximate surface area is 77.6 Å². The normalized spacial score (nSPS) is 15.3. The van der Waals surface area contributed by atoms with E-state index in [-0.39, 0.29) is 6.04 Å². The van der Waals surface area contributed by atoms with Gasteiger partial charge in [-0.2, -0.15) is 0 Å². The Morgan fingerprint density at radius 1 is 1.62 bits per heavy atom. The van der Waals surface area contributed by atoms with Gasteiger partial charge in [-0.3, -0.25) is 4.98 Å². The van der Waals surface area contributed by atoms with E-state index in [4.69, 9.17) is 11.5 Å². The molecule has 2 atom stereocenters. The summed E-state index contributed by atoms with van der Waals surface area (Å²) >= 11 is 0. The summed E-state index contributed by atoms with van der Waals surface area (Å²) in [7, 11) is 0. The zero-order chi connectivity index (χ0) is 9.84. The number of aliphatic hydroxyl groups is 1. The molecule has 72 valence electrons. The number of nitrogen functional groups attached to an aromatic ring is 1. The number of hydrogen-bond donors (Lipinski definition) is 3. The van der Waals surface area contributed by atoms with Gasteiger partial charge < -0.3 is 16.6 Å². The fourth-order valence-electron chi connectivity index (χ4n) is 1.07. The van der Waals surface area contributed by atoms with Crippen LogP contribution in [0.4, 0.5) is 5.69 Å². The van der Waals surface area contributed by atoms with Gasteiger partial charge in [0.15, 0.2) is 0 Å². The van der Waals surface area contributed by atoms with Crippen molar-refractivity contribution in [2.75, 3.05) is 5.73 Å². The molecule has 0 aromatic carbocycles. The predicted octanol–water partition coefficient (Wildman–Crippen LogP) is 0.434. The van der Waals surface area contributed by atoms with E-state index in [9.17, 15) is 5.11 Å². The minimum absolute atomic E-state index is 0.283. The molecule has 0 bridgehead atoms. The van der Waals surface area contributed by atoms with Crippen LogP contribution < -0.4 is 11.5 Å². The zero-order valence-corrected chi connectivity index (χ0v) is 7.64. The highest BCUT2D eigenvalue weighted by molar-refractivity contribution is 5.37. The average molecular weight is 181 g/mol. The molecule has 0 unspecified atom stereocenters. The molecule has 0 fully saturated rings. The third-order valence-electron chi connectivity index (χ3n) is 1.99. The molecule has 0 saturated heterocycles. The molecule has 0 aliphatic heterocycles. The van der Waals surface area contributed by atoms with Crippen LogP contribution >= 0.6 is 0 Å². The topological polar surface area (TPSA) is 85.2 Å². The number of nitrogens with zero attached hydrogens (tertiary/aromatic N) is 1. The van der Waals surface area contributed by atoms with Gasteiger partial charge in [0.05, 0.1) is 5.69 Å². The molecule has 4 nitrogen and oxygen atoms in total. The molecular weight excluding hydrogens is 166 g/mol.